The van der Waals surface area contributed by atoms with Crippen LogP contribution in [-0.4, -0.2) is 31.1 Å². The fourth-order valence-electron chi connectivity index (χ4n) is 0.408. The maximum absolute atomic E-state index is 10.6. The van der Waals surface area contributed by atoms with Crippen LogP contribution in [0.3, 0.4) is 0 Å². The first-order chi connectivity index (χ1) is 4.70. The molecule has 4 heteroatoms. The van der Waals surface area contributed by atoms with Crippen LogP contribution in [0.1, 0.15) is 6.92 Å². The van der Waals surface area contributed by atoms with E-state index in [1.807, 2.05) is 6.26 Å². The molecular weight excluding hydrogens is 148 g/mol. The molecule has 1 atom stereocenters. The summed E-state index contributed by atoms with van der Waals surface area (Å²) in [5.74, 6) is 0. The van der Waals surface area contributed by atoms with Gasteiger partial charge >= 0.3 is 6.03 Å². The molecule has 0 saturated heterocycles. The van der Waals surface area contributed by atoms with Crippen molar-refractivity contribution in [3.63, 3.8) is 0 Å². The van der Waals surface area contributed by atoms with E-state index in [2.05, 4.69) is 17.6 Å². The Bertz CT molecular complexity index is 108. The van der Waals surface area contributed by atoms with Gasteiger partial charge in [-0.25, -0.2) is 4.79 Å². The number of carbonyl (C=O) groups is 1. The highest BCUT2D eigenvalue weighted by molar-refractivity contribution is 7.99. The van der Waals surface area contributed by atoms with E-state index < -0.39 is 0 Å². The lowest BCUT2D eigenvalue weighted by Gasteiger charge is -2.08. The largest absolute Gasteiger partial charge is 0.341 e. The van der Waals surface area contributed by atoms with Crippen molar-refractivity contribution in [2.45, 2.75) is 12.2 Å². The van der Waals surface area contributed by atoms with Crippen molar-refractivity contribution in [2.24, 2.45) is 0 Å². The SMILES string of the molecule is CNC(=O)NCC(C)SC. The lowest BCUT2D eigenvalue weighted by molar-refractivity contribution is 0.243. The van der Waals surface area contributed by atoms with Crippen molar-refractivity contribution in [2.75, 3.05) is 19.8 Å². The maximum Gasteiger partial charge on any atom is 0.314 e. The van der Waals surface area contributed by atoms with Gasteiger partial charge in [-0.15, -0.1) is 0 Å². The molecule has 2 amide bonds. The van der Waals surface area contributed by atoms with Crippen LogP contribution in [0, 0.1) is 0 Å². The highest BCUT2D eigenvalue weighted by atomic mass is 32.2. The lowest BCUT2D eigenvalue weighted by Crippen LogP contribution is -2.36. The summed E-state index contributed by atoms with van der Waals surface area (Å²) in [6, 6.07) is -0.110. The minimum absolute atomic E-state index is 0.110. The zero-order chi connectivity index (χ0) is 7.98. The minimum atomic E-state index is -0.110. The monoisotopic (exact) mass is 162 g/mol. The third kappa shape index (κ3) is 4.49. The molecule has 0 saturated carbocycles. The van der Waals surface area contributed by atoms with E-state index in [0.717, 1.165) is 6.54 Å². The Labute approximate surface area is 65.9 Å². The molecule has 0 rings (SSSR count). The zero-order valence-electron chi connectivity index (χ0n) is 6.60. The molecule has 2 N–H and O–H groups in total. The van der Waals surface area contributed by atoms with Crippen LogP contribution in [0.5, 0.6) is 0 Å². The lowest BCUT2D eigenvalue weighted by atomic mass is 10.5. The molecule has 0 spiro atoms. The van der Waals surface area contributed by atoms with Crippen LogP contribution >= 0.6 is 11.8 Å². The number of rotatable bonds is 3. The summed E-state index contributed by atoms with van der Waals surface area (Å²) in [5, 5.41) is 5.68. The van der Waals surface area contributed by atoms with Gasteiger partial charge in [0, 0.05) is 18.8 Å². The number of hydrogen-bond acceptors (Lipinski definition) is 2. The van der Waals surface area contributed by atoms with Gasteiger partial charge in [0.1, 0.15) is 0 Å². The Morgan fingerprint density at radius 2 is 2.30 bits per heavy atom. The summed E-state index contributed by atoms with van der Waals surface area (Å²) in [6.07, 6.45) is 2.02. The van der Waals surface area contributed by atoms with Crippen molar-refractivity contribution in [3.8, 4) is 0 Å². The summed E-state index contributed by atoms with van der Waals surface area (Å²) in [7, 11) is 1.61. The molecule has 0 fully saturated rings. The molecule has 0 heterocycles. The first-order valence-electron chi connectivity index (χ1n) is 3.19. The van der Waals surface area contributed by atoms with E-state index in [1.165, 1.54) is 0 Å². The maximum atomic E-state index is 10.6. The number of nitrogens with one attached hydrogen (secondary N) is 2. The Balaban J connectivity index is 3.26. The molecule has 0 radical (unpaired) electrons. The Morgan fingerprint density at radius 3 is 2.70 bits per heavy atom. The van der Waals surface area contributed by atoms with Crippen molar-refractivity contribution < 1.29 is 4.79 Å². The third-order valence-electron chi connectivity index (χ3n) is 1.18. The van der Waals surface area contributed by atoms with Gasteiger partial charge in [0.2, 0.25) is 0 Å². The van der Waals surface area contributed by atoms with Crippen LogP contribution in [0.2, 0.25) is 0 Å². The molecule has 0 aliphatic heterocycles. The third-order valence-corrected chi connectivity index (χ3v) is 2.15. The smallest absolute Gasteiger partial charge is 0.314 e. The average molecular weight is 162 g/mol. The molecule has 1 unspecified atom stereocenters. The van der Waals surface area contributed by atoms with Crippen LogP contribution in [0.15, 0.2) is 0 Å². The molecule has 0 bridgehead atoms. The van der Waals surface area contributed by atoms with Gasteiger partial charge in [0.15, 0.2) is 0 Å². The first-order valence-corrected chi connectivity index (χ1v) is 4.48. The Kier molecular flexibility index (Phi) is 5.20. The van der Waals surface area contributed by atoms with E-state index >= 15 is 0 Å². The standard InChI is InChI=1S/C6H14N2OS/c1-5(10-3)4-8-6(9)7-2/h5H,4H2,1-3H3,(H2,7,8,9). The molecule has 0 aliphatic carbocycles. The van der Waals surface area contributed by atoms with Crippen LogP contribution in [0.4, 0.5) is 4.79 Å². The Morgan fingerprint density at radius 1 is 1.70 bits per heavy atom. The Hall–Kier alpha value is -0.380. The average Bonchev–Trinajstić information content (AvgIpc) is 1.99. The molecule has 10 heavy (non-hydrogen) atoms. The minimum Gasteiger partial charge on any atom is -0.341 e. The fourth-order valence-corrected chi connectivity index (χ4v) is 0.658. The van der Waals surface area contributed by atoms with Crippen LogP contribution in [0.25, 0.3) is 0 Å². The molecule has 3 nitrogen and oxygen atoms in total. The molecule has 0 aromatic rings. The van der Waals surface area contributed by atoms with E-state index in [-0.39, 0.29) is 6.03 Å². The quantitative estimate of drug-likeness (QED) is 0.640. The number of amides is 2. The summed E-state index contributed by atoms with van der Waals surface area (Å²) in [6.45, 7) is 2.79. The summed E-state index contributed by atoms with van der Waals surface area (Å²) in [5.41, 5.74) is 0. The second-order valence-corrected chi connectivity index (χ2v) is 3.28. The predicted molar refractivity (Wildman–Crippen MR) is 45.4 cm³/mol. The number of carbonyl (C=O) groups excluding carboxylic acids is 1. The van der Waals surface area contributed by atoms with Gasteiger partial charge in [-0.2, -0.15) is 11.8 Å². The van der Waals surface area contributed by atoms with Gasteiger partial charge in [0.25, 0.3) is 0 Å². The van der Waals surface area contributed by atoms with Gasteiger partial charge < -0.3 is 10.6 Å². The topological polar surface area (TPSA) is 41.1 Å². The van der Waals surface area contributed by atoms with Crippen LogP contribution in [-0.2, 0) is 0 Å². The predicted octanol–water partition coefficient (Wildman–Crippen LogP) is 0.667. The van der Waals surface area contributed by atoms with Crippen molar-refractivity contribution in [3.05, 3.63) is 0 Å². The van der Waals surface area contributed by atoms with E-state index in [4.69, 9.17) is 0 Å². The van der Waals surface area contributed by atoms with Gasteiger partial charge in [-0.05, 0) is 6.26 Å². The molecule has 0 aromatic carbocycles. The van der Waals surface area contributed by atoms with E-state index in [1.54, 1.807) is 18.8 Å². The van der Waals surface area contributed by atoms with Crippen molar-refractivity contribution in [1.82, 2.24) is 10.6 Å². The summed E-state index contributed by atoms with van der Waals surface area (Å²) >= 11 is 1.73. The highest BCUT2D eigenvalue weighted by Crippen LogP contribution is 2.01. The molecule has 0 aromatic heterocycles. The van der Waals surface area contributed by atoms with E-state index in [9.17, 15) is 4.79 Å². The summed E-state index contributed by atoms with van der Waals surface area (Å²) < 4.78 is 0. The van der Waals surface area contributed by atoms with Crippen LogP contribution < -0.4 is 10.6 Å². The highest BCUT2D eigenvalue weighted by Gasteiger charge is 2.00. The second kappa shape index (κ2) is 5.41. The zero-order valence-corrected chi connectivity index (χ0v) is 7.42. The van der Waals surface area contributed by atoms with Crippen molar-refractivity contribution in [1.29, 1.82) is 0 Å². The fraction of sp³-hybridized carbons (Fsp3) is 0.833. The van der Waals surface area contributed by atoms with Gasteiger partial charge in [-0.3, -0.25) is 0 Å². The van der Waals surface area contributed by atoms with Crippen molar-refractivity contribution >= 4 is 17.8 Å². The van der Waals surface area contributed by atoms with Gasteiger partial charge in [-0.1, -0.05) is 6.92 Å². The molecule has 0 aliphatic rings. The second-order valence-electron chi connectivity index (χ2n) is 2.01. The molecular formula is C6H14N2OS. The number of urea groups is 1. The molecule has 60 valence electrons. The van der Waals surface area contributed by atoms with E-state index in [0.29, 0.717) is 5.25 Å². The summed E-state index contributed by atoms with van der Waals surface area (Å²) in [4.78, 5) is 10.6. The first kappa shape index (κ1) is 9.62. The normalized spacial score (nSPS) is 12.3. The number of thioether (sulfide) groups is 1. The van der Waals surface area contributed by atoms with Gasteiger partial charge in [0.05, 0.1) is 0 Å². The number of hydrogen-bond donors (Lipinski definition) is 2.